The van der Waals surface area contributed by atoms with E-state index < -0.39 is 0 Å². The van der Waals surface area contributed by atoms with E-state index in [1.807, 2.05) is 61.5 Å². The summed E-state index contributed by atoms with van der Waals surface area (Å²) < 4.78 is 2.66. The number of benzene rings is 2. The van der Waals surface area contributed by atoms with E-state index in [9.17, 15) is 4.79 Å². The van der Waals surface area contributed by atoms with Crippen LogP contribution in [0.4, 0.5) is 0 Å². The van der Waals surface area contributed by atoms with Crippen LogP contribution in [0.2, 0.25) is 5.28 Å². The highest BCUT2D eigenvalue weighted by Gasteiger charge is 2.09. The van der Waals surface area contributed by atoms with Crippen LogP contribution in [-0.2, 0) is 31.5 Å². The Bertz CT molecular complexity index is 993. The van der Waals surface area contributed by atoms with Gasteiger partial charge in [-0.3, -0.25) is 4.57 Å². The van der Waals surface area contributed by atoms with Crippen LogP contribution in [0.25, 0.3) is 0 Å². The molecule has 0 spiro atoms. The van der Waals surface area contributed by atoms with Gasteiger partial charge in [0.05, 0.1) is 12.3 Å². The van der Waals surface area contributed by atoms with Gasteiger partial charge in [-0.25, -0.2) is 9.48 Å². The summed E-state index contributed by atoms with van der Waals surface area (Å²) in [4.78, 5) is 17.5. The van der Waals surface area contributed by atoms with Crippen molar-refractivity contribution in [2.45, 2.75) is 26.5 Å². The summed E-state index contributed by atoms with van der Waals surface area (Å²) in [6, 6.07) is 17.9. The van der Waals surface area contributed by atoms with Crippen molar-refractivity contribution in [3.05, 3.63) is 87.1 Å². The van der Waals surface area contributed by atoms with Crippen molar-refractivity contribution in [3.8, 4) is 0 Å². The topological polar surface area (TPSA) is 61.4 Å². The molecule has 140 valence electrons. The average Bonchev–Trinajstić information content (AvgIpc) is 2.89. The predicted molar refractivity (Wildman–Crippen MR) is 106 cm³/mol. The van der Waals surface area contributed by atoms with Crippen molar-refractivity contribution in [2.24, 2.45) is 12.2 Å². The van der Waals surface area contributed by atoms with Gasteiger partial charge in [0.2, 0.25) is 5.28 Å². The molecule has 0 aliphatic carbocycles. The van der Waals surface area contributed by atoms with Crippen LogP contribution >= 0.6 is 11.6 Å². The van der Waals surface area contributed by atoms with Crippen LogP contribution in [0.1, 0.15) is 23.6 Å². The smallest absolute Gasteiger partial charge is 0.346 e. The Balaban J connectivity index is 1.63. The minimum atomic E-state index is -0.238. The van der Waals surface area contributed by atoms with Crippen LogP contribution in [0.3, 0.4) is 0 Å². The molecule has 0 aliphatic heterocycles. The number of aryl methyl sites for hydroxylation is 1. The fourth-order valence-electron chi connectivity index (χ4n) is 2.75. The lowest BCUT2D eigenvalue weighted by Gasteiger charge is -2.07. The third-order valence-corrected chi connectivity index (χ3v) is 4.33. The second kappa shape index (κ2) is 8.68. The van der Waals surface area contributed by atoms with E-state index in [4.69, 9.17) is 16.4 Å². The molecule has 1 aromatic heterocycles. The average molecular weight is 385 g/mol. The zero-order chi connectivity index (χ0) is 19.2. The first-order valence-electron chi connectivity index (χ1n) is 8.59. The number of hydrogen-bond acceptors (Lipinski definition) is 4. The Labute approximate surface area is 162 Å². The van der Waals surface area contributed by atoms with E-state index in [1.165, 1.54) is 9.25 Å². The fourth-order valence-corrected chi connectivity index (χ4v) is 2.99. The zero-order valence-corrected chi connectivity index (χ0v) is 16.1. The highest BCUT2D eigenvalue weighted by Crippen LogP contribution is 2.11. The van der Waals surface area contributed by atoms with Gasteiger partial charge in [0, 0.05) is 13.5 Å². The van der Waals surface area contributed by atoms with E-state index in [0.717, 1.165) is 22.4 Å². The van der Waals surface area contributed by atoms with Gasteiger partial charge < -0.3 is 4.84 Å². The number of nitrogens with zero attached hydrogens (tertiary/aromatic N) is 4. The minimum absolute atomic E-state index is 0.181. The van der Waals surface area contributed by atoms with Crippen molar-refractivity contribution in [3.63, 3.8) is 0 Å². The first kappa shape index (κ1) is 18.9. The van der Waals surface area contributed by atoms with Crippen molar-refractivity contribution >= 4 is 17.3 Å². The zero-order valence-electron chi connectivity index (χ0n) is 15.3. The van der Waals surface area contributed by atoms with Crippen LogP contribution < -0.4 is 5.69 Å². The Morgan fingerprint density at radius 1 is 1.11 bits per heavy atom. The summed E-state index contributed by atoms with van der Waals surface area (Å²) in [5, 5.41) is 8.30. The van der Waals surface area contributed by atoms with E-state index in [2.05, 4.69) is 10.3 Å². The van der Waals surface area contributed by atoms with Gasteiger partial charge in [0.1, 0.15) is 6.61 Å². The Morgan fingerprint density at radius 2 is 1.81 bits per heavy atom. The van der Waals surface area contributed by atoms with Gasteiger partial charge in [-0.05, 0) is 35.2 Å². The Morgan fingerprint density at radius 3 is 2.52 bits per heavy atom. The first-order valence-corrected chi connectivity index (χ1v) is 8.97. The van der Waals surface area contributed by atoms with Gasteiger partial charge in [0.25, 0.3) is 0 Å². The SMILES string of the molecule is C/C(Cc1cccc(Cn2c(Cl)nn(C)c2=O)c1)=N\OCc1ccccc1. The fraction of sp³-hybridized carbons (Fsp3) is 0.250. The standard InChI is InChI=1S/C20H21ClN4O2/c1-15(23-27-14-16-7-4-3-5-8-16)11-17-9-6-10-18(12-17)13-25-19(21)22-24(2)20(25)26/h3-10,12H,11,13-14H2,1-2H3/b23-15+. The van der Waals surface area contributed by atoms with Crippen molar-refractivity contribution in [2.75, 3.05) is 0 Å². The van der Waals surface area contributed by atoms with Crippen molar-refractivity contribution in [1.82, 2.24) is 14.3 Å². The van der Waals surface area contributed by atoms with E-state index in [-0.39, 0.29) is 11.0 Å². The summed E-state index contributed by atoms with van der Waals surface area (Å²) in [7, 11) is 1.58. The summed E-state index contributed by atoms with van der Waals surface area (Å²) in [6.45, 7) is 2.75. The van der Waals surface area contributed by atoms with Crippen molar-refractivity contribution in [1.29, 1.82) is 0 Å². The third-order valence-electron chi connectivity index (χ3n) is 4.05. The monoisotopic (exact) mass is 384 g/mol. The predicted octanol–water partition coefficient (Wildman–Crippen LogP) is 3.42. The molecule has 6 nitrogen and oxygen atoms in total. The Hall–Kier alpha value is -2.86. The molecule has 0 saturated carbocycles. The van der Waals surface area contributed by atoms with Gasteiger partial charge in [-0.1, -0.05) is 59.8 Å². The summed E-state index contributed by atoms with van der Waals surface area (Å²) in [6.07, 6.45) is 0.665. The lowest BCUT2D eigenvalue weighted by Crippen LogP contribution is -2.23. The summed E-state index contributed by atoms with van der Waals surface area (Å²) >= 11 is 6.03. The lowest BCUT2D eigenvalue weighted by atomic mass is 10.1. The number of rotatable bonds is 7. The van der Waals surface area contributed by atoms with E-state index in [1.54, 1.807) is 7.05 Å². The molecule has 3 aromatic rings. The molecular weight excluding hydrogens is 364 g/mol. The highest BCUT2D eigenvalue weighted by atomic mass is 35.5. The molecule has 0 amide bonds. The molecule has 0 aliphatic rings. The largest absolute Gasteiger partial charge is 0.391 e. The molecule has 0 saturated heterocycles. The van der Waals surface area contributed by atoms with E-state index >= 15 is 0 Å². The van der Waals surface area contributed by atoms with Crippen molar-refractivity contribution < 1.29 is 4.84 Å². The van der Waals surface area contributed by atoms with Crippen LogP contribution in [0.5, 0.6) is 0 Å². The van der Waals surface area contributed by atoms with Gasteiger partial charge in [-0.2, -0.15) is 0 Å². The molecule has 0 unspecified atom stereocenters. The maximum Gasteiger partial charge on any atom is 0.346 e. The summed E-state index contributed by atoms with van der Waals surface area (Å²) in [5.41, 5.74) is 3.78. The molecule has 7 heteroatoms. The first-order chi connectivity index (χ1) is 13.0. The van der Waals surface area contributed by atoms with Gasteiger partial charge in [-0.15, -0.1) is 5.10 Å². The molecule has 1 heterocycles. The molecule has 0 atom stereocenters. The molecule has 0 bridgehead atoms. The number of hydrogen-bond donors (Lipinski definition) is 0. The summed E-state index contributed by atoms with van der Waals surface area (Å²) in [5.74, 6) is 0. The normalized spacial score (nSPS) is 11.6. The molecule has 2 aromatic carbocycles. The molecule has 0 fully saturated rings. The quantitative estimate of drug-likeness (QED) is 0.463. The number of halogens is 1. The van der Waals surface area contributed by atoms with Crippen LogP contribution in [-0.4, -0.2) is 20.1 Å². The molecule has 0 N–H and O–H groups in total. The minimum Gasteiger partial charge on any atom is -0.391 e. The Kier molecular flexibility index (Phi) is 6.08. The second-order valence-electron chi connectivity index (χ2n) is 6.34. The lowest BCUT2D eigenvalue weighted by molar-refractivity contribution is 0.130. The van der Waals surface area contributed by atoms with Crippen LogP contribution in [0.15, 0.2) is 64.5 Å². The molecule has 3 rings (SSSR count). The molecule has 27 heavy (non-hydrogen) atoms. The van der Waals surface area contributed by atoms with Gasteiger partial charge in [0.15, 0.2) is 0 Å². The highest BCUT2D eigenvalue weighted by molar-refractivity contribution is 6.28. The number of aromatic nitrogens is 3. The molecular formula is C20H21ClN4O2. The maximum absolute atomic E-state index is 12.0. The molecule has 0 radical (unpaired) electrons. The van der Waals surface area contributed by atoms with Crippen LogP contribution in [0, 0.1) is 0 Å². The maximum atomic E-state index is 12.0. The third kappa shape index (κ3) is 5.08. The second-order valence-corrected chi connectivity index (χ2v) is 6.68. The van der Waals surface area contributed by atoms with E-state index in [0.29, 0.717) is 19.6 Å². The number of oxime groups is 1. The van der Waals surface area contributed by atoms with Gasteiger partial charge >= 0.3 is 5.69 Å².